The molecule has 0 atom stereocenters. The van der Waals surface area contributed by atoms with Crippen molar-refractivity contribution in [1.82, 2.24) is 0 Å². The van der Waals surface area contributed by atoms with Crippen LogP contribution in [-0.2, 0) is 5.60 Å². The van der Waals surface area contributed by atoms with Gasteiger partial charge in [0.15, 0.2) is 17.4 Å². The minimum Gasteiger partial charge on any atom is -0.491 e. The zero-order chi connectivity index (χ0) is 10.3. The fourth-order valence-corrected chi connectivity index (χ4v) is 1.47. The number of methoxy groups -OCH3 is 1. The maximum absolute atomic E-state index is 13.5. The summed E-state index contributed by atoms with van der Waals surface area (Å²) in [5.41, 5.74) is -0.985. The molecule has 76 valence electrons. The molecule has 0 amide bonds. The van der Waals surface area contributed by atoms with Gasteiger partial charge in [0, 0.05) is 5.56 Å². The van der Waals surface area contributed by atoms with Crippen LogP contribution in [0.5, 0.6) is 5.75 Å². The van der Waals surface area contributed by atoms with Crippen LogP contribution in [0.15, 0.2) is 12.1 Å². The molecule has 2 rings (SSSR count). The minimum atomic E-state index is -1.11. The Balaban J connectivity index is 2.53. The second-order valence-electron chi connectivity index (χ2n) is 3.47. The van der Waals surface area contributed by atoms with Gasteiger partial charge >= 0.3 is 0 Å². The fraction of sp³-hybridized carbons (Fsp3) is 0.400. The molecule has 14 heavy (non-hydrogen) atoms. The van der Waals surface area contributed by atoms with Gasteiger partial charge < -0.3 is 9.84 Å². The van der Waals surface area contributed by atoms with E-state index in [9.17, 15) is 13.9 Å². The number of hydrogen-bond acceptors (Lipinski definition) is 2. The molecular formula is C10H10F2O2. The first-order chi connectivity index (χ1) is 6.58. The van der Waals surface area contributed by atoms with Gasteiger partial charge in [0.1, 0.15) is 0 Å². The van der Waals surface area contributed by atoms with Gasteiger partial charge in [-0.2, -0.15) is 0 Å². The molecule has 0 unspecified atom stereocenters. The van der Waals surface area contributed by atoms with Crippen molar-refractivity contribution >= 4 is 0 Å². The summed E-state index contributed by atoms with van der Waals surface area (Å²) in [6.07, 6.45) is 1.03. The van der Waals surface area contributed by atoms with Gasteiger partial charge in [-0.3, -0.25) is 0 Å². The molecule has 1 aromatic carbocycles. The van der Waals surface area contributed by atoms with Crippen LogP contribution in [0, 0.1) is 11.6 Å². The smallest absolute Gasteiger partial charge is 0.190 e. The molecule has 1 saturated carbocycles. The monoisotopic (exact) mass is 200 g/mol. The maximum atomic E-state index is 13.5. The average molecular weight is 200 g/mol. The predicted octanol–water partition coefficient (Wildman–Crippen LogP) is 1.95. The summed E-state index contributed by atoms with van der Waals surface area (Å²) in [5, 5.41) is 9.67. The van der Waals surface area contributed by atoms with Crippen molar-refractivity contribution in [1.29, 1.82) is 0 Å². The third kappa shape index (κ3) is 1.26. The highest BCUT2D eigenvalue weighted by molar-refractivity contribution is 5.38. The van der Waals surface area contributed by atoms with Crippen molar-refractivity contribution in [2.24, 2.45) is 0 Å². The molecule has 0 spiro atoms. The van der Waals surface area contributed by atoms with Gasteiger partial charge in [-0.25, -0.2) is 8.78 Å². The van der Waals surface area contributed by atoms with Crippen molar-refractivity contribution in [2.75, 3.05) is 7.11 Å². The first-order valence-corrected chi connectivity index (χ1v) is 4.33. The van der Waals surface area contributed by atoms with E-state index in [-0.39, 0.29) is 5.56 Å². The Labute approximate surface area is 80.1 Å². The van der Waals surface area contributed by atoms with E-state index >= 15 is 0 Å². The number of halogens is 2. The lowest BCUT2D eigenvalue weighted by Gasteiger charge is -2.12. The van der Waals surface area contributed by atoms with E-state index in [4.69, 9.17) is 0 Å². The largest absolute Gasteiger partial charge is 0.491 e. The van der Waals surface area contributed by atoms with Crippen LogP contribution in [0.2, 0.25) is 0 Å². The van der Waals surface area contributed by atoms with E-state index in [0.717, 1.165) is 6.07 Å². The van der Waals surface area contributed by atoms with Gasteiger partial charge in [-0.1, -0.05) is 6.07 Å². The Morgan fingerprint density at radius 1 is 1.36 bits per heavy atom. The van der Waals surface area contributed by atoms with Gasteiger partial charge in [0.05, 0.1) is 12.7 Å². The highest BCUT2D eigenvalue weighted by atomic mass is 19.1. The third-order valence-corrected chi connectivity index (χ3v) is 2.48. The highest BCUT2D eigenvalue weighted by Gasteiger charge is 2.45. The van der Waals surface area contributed by atoms with E-state index in [1.54, 1.807) is 0 Å². The quantitative estimate of drug-likeness (QED) is 0.790. The summed E-state index contributed by atoms with van der Waals surface area (Å²) < 4.78 is 31.1. The molecule has 0 saturated heterocycles. The topological polar surface area (TPSA) is 29.5 Å². The molecule has 0 heterocycles. The van der Waals surface area contributed by atoms with Gasteiger partial charge in [0.2, 0.25) is 0 Å². The van der Waals surface area contributed by atoms with Crippen molar-refractivity contribution < 1.29 is 18.6 Å². The lowest BCUT2D eigenvalue weighted by Crippen LogP contribution is -2.09. The van der Waals surface area contributed by atoms with Gasteiger partial charge in [-0.15, -0.1) is 0 Å². The minimum absolute atomic E-state index is 0.121. The Kier molecular flexibility index (Phi) is 1.96. The zero-order valence-corrected chi connectivity index (χ0v) is 7.68. The molecule has 0 bridgehead atoms. The predicted molar refractivity (Wildman–Crippen MR) is 46.0 cm³/mol. The Morgan fingerprint density at radius 3 is 2.50 bits per heavy atom. The summed E-state index contributed by atoms with van der Waals surface area (Å²) in [5.74, 6) is -1.98. The van der Waals surface area contributed by atoms with Crippen LogP contribution in [0.1, 0.15) is 18.4 Å². The van der Waals surface area contributed by atoms with Crippen molar-refractivity contribution in [3.8, 4) is 5.75 Å². The van der Waals surface area contributed by atoms with E-state index < -0.39 is 23.0 Å². The lowest BCUT2D eigenvalue weighted by molar-refractivity contribution is 0.145. The molecule has 1 aliphatic rings. The van der Waals surface area contributed by atoms with Gasteiger partial charge in [-0.05, 0) is 18.9 Å². The van der Waals surface area contributed by atoms with Crippen molar-refractivity contribution in [3.05, 3.63) is 29.3 Å². The van der Waals surface area contributed by atoms with Crippen molar-refractivity contribution in [2.45, 2.75) is 18.4 Å². The van der Waals surface area contributed by atoms with Crippen LogP contribution in [0.3, 0.4) is 0 Å². The van der Waals surface area contributed by atoms with Crippen molar-refractivity contribution in [3.63, 3.8) is 0 Å². The number of rotatable bonds is 2. The Morgan fingerprint density at radius 2 is 2.00 bits per heavy atom. The molecule has 0 aliphatic heterocycles. The van der Waals surface area contributed by atoms with E-state index in [0.29, 0.717) is 12.8 Å². The van der Waals surface area contributed by atoms with E-state index in [2.05, 4.69) is 4.74 Å². The molecule has 1 aromatic rings. The fourth-order valence-electron chi connectivity index (χ4n) is 1.47. The second-order valence-corrected chi connectivity index (χ2v) is 3.47. The van der Waals surface area contributed by atoms with Crippen LogP contribution in [-0.4, -0.2) is 12.2 Å². The first kappa shape index (κ1) is 9.40. The summed E-state index contributed by atoms with van der Waals surface area (Å²) >= 11 is 0. The summed E-state index contributed by atoms with van der Waals surface area (Å²) in [4.78, 5) is 0. The van der Waals surface area contributed by atoms with Gasteiger partial charge in [0.25, 0.3) is 0 Å². The highest BCUT2D eigenvalue weighted by Crippen LogP contribution is 2.47. The van der Waals surface area contributed by atoms with Crippen LogP contribution in [0.25, 0.3) is 0 Å². The molecule has 4 heteroatoms. The summed E-state index contributed by atoms with van der Waals surface area (Å²) in [6, 6.07) is 2.37. The molecular weight excluding hydrogens is 190 g/mol. The molecule has 1 N–H and O–H groups in total. The molecule has 2 nitrogen and oxygen atoms in total. The molecule has 1 aliphatic carbocycles. The Hall–Kier alpha value is -1.16. The van der Waals surface area contributed by atoms with Crippen LogP contribution in [0.4, 0.5) is 8.78 Å². The number of aliphatic hydroxyl groups is 1. The van der Waals surface area contributed by atoms with E-state index in [1.807, 2.05) is 0 Å². The van der Waals surface area contributed by atoms with E-state index in [1.165, 1.54) is 13.2 Å². The molecule has 0 radical (unpaired) electrons. The normalized spacial score (nSPS) is 18.0. The maximum Gasteiger partial charge on any atom is 0.190 e. The zero-order valence-electron chi connectivity index (χ0n) is 7.68. The standard InChI is InChI=1S/C10H10F2O2/c1-14-9-7(11)3-2-6(8(9)12)10(13)4-5-10/h2-3,13H,4-5H2,1H3. The molecule has 0 aromatic heterocycles. The third-order valence-electron chi connectivity index (χ3n) is 2.48. The summed E-state index contributed by atoms with van der Waals surface area (Å²) in [6.45, 7) is 0. The second kappa shape index (κ2) is 2.92. The Bertz CT molecular complexity index is 373. The SMILES string of the molecule is COc1c(F)ccc(C2(O)CC2)c1F. The first-order valence-electron chi connectivity index (χ1n) is 4.33. The average Bonchev–Trinajstić information content (AvgIpc) is 2.85. The number of ether oxygens (including phenoxy) is 1. The lowest BCUT2D eigenvalue weighted by atomic mass is 10.1. The number of benzene rings is 1. The molecule has 1 fully saturated rings. The van der Waals surface area contributed by atoms with Crippen LogP contribution < -0.4 is 4.74 Å². The number of hydrogen-bond donors (Lipinski definition) is 1. The summed E-state index contributed by atoms with van der Waals surface area (Å²) in [7, 11) is 1.20. The van der Waals surface area contributed by atoms with Crippen LogP contribution >= 0.6 is 0 Å².